The summed E-state index contributed by atoms with van der Waals surface area (Å²) in [6, 6.07) is 39.1. The first-order valence-corrected chi connectivity index (χ1v) is 11.9. The average Bonchev–Trinajstić information content (AvgIpc) is 3.38. The maximum Gasteiger partial charge on any atom is 0.0541 e. The molecular formula is C30H20N2S. The topological polar surface area (TPSA) is 30.9 Å². The van der Waals surface area contributed by atoms with Crippen LogP contribution < -0.4 is 5.73 Å². The molecule has 0 saturated heterocycles. The van der Waals surface area contributed by atoms with Gasteiger partial charge in [0, 0.05) is 42.2 Å². The Morgan fingerprint density at radius 1 is 0.545 bits per heavy atom. The summed E-state index contributed by atoms with van der Waals surface area (Å²) >= 11 is 1.81. The maximum atomic E-state index is 6.04. The zero-order valence-electron chi connectivity index (χ0n) is 17.8. The number of rotatable bonds is 2. The van der Waals surface area contributed by atoms with Crippen LogP contribution in [0.25, 0.3) is 58.8 Å². The summed E-state index contributed by atoms with van der Waals surface area (Å²) in [6.45, 7) is 0. The molecule has 0 unspecified atom stereocenters. The van der Waals surface area contributed by atoms with Crippen molar-refractivity contribution in [3.05, 3.63) is 109 Å². The molecule has 0 bridgehead atoms. The van der Waals surface area contributed by atoms with Crippen LogP contribution in [-0.4, -0.2) is 4.57 Å². The second-order valence-electron chi connectivity index (χ2n) is 8.46. The Morgan fingerprint density at radius 3 is 1.91 bits per heavy atom. The molecule has 0 amide bonds. The van der Waals surface area contributed by atoms with Crippen LogP contribution >= 0.6 is 11.3 Å². The van der Waals surface area contributed by atoms with Gasteiger partial charge in [-0.2, -0.15) is 0 Å². The molecule has 2 N–H and O–H groups in total. The van der Waals surface area contributed by atoms with E-state index in [0.717, 1.165) is 5.69 Å². The highest BCUT2D eigenvalue weighted by Crippen LogP contribution is 2.40. The molecule has 0 atom stereocenters. The molecule has 2 aromatic heterocycles. The summed E-state index contributed by atoms with van der Waals surface area (Å²) in [4.78, 5) is 0. The van der Waals surface area contributed by atoms with E-state index in [1.54, 1.807) is 11.3 Å². The SMILES string of the molecule is Nc1ccc2c(c1)sc1cc(-c3ccccc3-n3c4ccccc4c4ccccc43)ccc12. The molecule has 0 aliphatic carbocycles. The number of fused-ring (bicyclic) bond motifs is 6. The molecule has 0 spiro atoms. The van der Waals surface area contributed by atoms with Gasteiger partial charge >= 0.3 is 0 Å². The van der Waals surface area contributed by atoms with Crippen molar-refractivity contribution >= 4 is 59.0 Å². The molecule has 33 heavy (non-hydrogen) atoms. The lowest BCUT2D eigenvalue weighted by Crippen LogP contribution is -1.96. The lowest BCUT2D eigenvalue weighted by atomic mass is 10.0. The van der Waals surface area contributed by atoms with Gasteiger partial charge in [0.15, 0.2) is 0 Å². The highest BCUT2D eigenvalue weighted by atomic mass is 32.1. The molecule has 7 aromatic rings. The number of nitrogen functional groups attached to an aromatic ring is 1. The van der Waals surface area contributed by atoms with Crippen molar-refractivity contribution in [2.75, 3.05) is 5.73 Å². The van der Waals surface area contributed by atoms with Crippen molar-refractivity contribution in [3.63, 3.8) is 0 Å². The molecule has 3 heteroatoms. The standard InChI is InChI=1S/C30H20N2S/c31-20-14-16-25-24-15-13-19(17-29(24)33-30(25)18-20)21-7-1-4-10-26(21)32-27-11-5-2-8-22(27)23-9-3-6-12-28(23)32/h1-18H,31H2. The van der Waals surface area contributed by atoms with E-state index in [0.29, 0.717) is 0 Å². The summed E-state index contributed by atoms with van der Waals surface area (Å²) in [5.41, 5.74) is 12.9. The average molecular weight is 441 g/mol. The van der Waals surface area contributed by atoms with Gasteiger partial charge in [-0.15, -0.1) is 11.3 Å². The monoisotopic (exact) mass is 440 g/mol. The molecule has 0 radical (unpaired) electrons. The summed E-state index contributed by atoms with van der Waals surface area (Å²) < 4.78 is 4.92. The van der Waals surface area contributed by atoms with Gasteiger partial charge in [0.1, 0.15) is 0 Å². The Labute approximate surface area is 195 Å². The second-order valence-corrected chi connectivity index (χ2v) is 9.54. The number of hydrogen-bond acceptors (Lipinski definition) is 2. The molecule has 0 saturated carbocycles. The van der Waals surface area contributed by atoms with Crippen LogP contribution in [0.2, 0.25) is 0 Å². The van der Waals surface area contributed by atoms with Crippen molar-refractivity contribution in [1.29, 1.82) is 0 Å². The highest BCUT2D eigenvalue weighted by Gasteiger charge is 2.15. The maximum absolute atomic E-state index is 6.04. The first kappa shape index (κ1) is 18.5. The van der Waals surface area contributed by atoms with E-state index < -0.39 is 0 Å². The fraction of sp³-hybridized carbons (Fsp3) is 0. The van der Waals surface area contributed by atoms with E-state index in [1.165, 1.54) is 58.8 Å². The number of hydrogen-bond donors (Lipinski definition) is 1. The van der Waals surface area contributed by atoms with E-state index in [1.807, 2.05) is 6.07 Å². The third-order valence-electron chi connectivity index (χ3n) is 6.53. The number of nitrogens with zero attached hydrogens (tertiary/aromatic N) is 1. The third kappa shape index (κ3) is 2.73. The minimum absolute atomic E-state index is 0.811. The molecular weight excluding hydrogens is 420 g/mol. The van der Waals surface area contributed by atoms with Crippen molar-refractivity contribution in [3.8, 4) is 16.8 Å². The van der Waals surface area contributed by atoms with Crippen LogP contribution in [0.5, 0.6) is 0 Å². The summed E-state index contributed by atoms with van der Waals surface area (Å²) in [5.74, 6) is 0. The van der Waals surface area contributed by atoms with Crippen molar-refractivity contribution in [1.82, 2.24) is 4.57 Å². The van der Waals surface area contributed by atoms with Gasteiger partial charge in [-0.25, -0.2) is 0 Å². The van der Waals surface area contributed by atoms with E-state index in [-0.39, 0.29) is 0 Å². The summed E-state index contributed by atoms with van der Waals surface area (Å²) in [7, 11) is 0. The smallest absolute Gasteiger partial charge is 0.0541 e. The van der Waals surface area contributed by atoms with Gasteiger partial charge in [-0.05, 0) is 42.0 Å². The van der Waals surface area contributed by atoms with Crippen LogP contribution in [0.4, 0.5) is 5.69 Å². The van der Waals surface area contributed by atoms with Crippen molar-refractivity contribution < 1.29 is 0 Å². The largest absolute Gasteiger partial charge is 0.399 e. The van der Waals surface area contributed by atoms with Crippen LogP contribution in [0, 0.1) is 0 Å². The Kier molecular flexibility index (Phi) is 3.90. The lowest BCUT2D eigenvalue weighted by Gasteiger charge is -2.14. The Bertz CT molecular complexity index is 1780. The molecule has 2 heterocycles. The van der Waals surface area contributed by atoms with Crippen molar-refractivity contribution in [2.45, 2.75) is 0 Å². The normalized spacial score (nSPS) is 11.8. The fourth-order valence-electron chi connectivity index (χ4n) is 5.06. The molecule has 7 rings (SSSR count). The van der Waals surface area contributed by atoms with Crippen molar-refractivity contribution in [2.24, 2.45) is 0 Å². The number of anilines is 1. The lowest BCUT2D eigenvalue weighted by molar-refractivity contribution is 1.18. The van der Waals surface area contributed by atoms with Crippen LogP contribution in [0.15, 0.2) is 109 Å². The summed E-state index contributed by atoms with van der Waals surface area (Å²) in [6.07, 6.45) is 0. The molecule has 0 aliphatic heterocycles. The van der Waals surface area contributed by atoms with Crippen LogP contribution in [0.1, 0.15) is 0 Å². The summed E-state index contributed by atoms with van der Waals surface area (Å²) in [5, 5.41) is 5.11. The molecule has 2 nitrogen and oxygen atoms in total. The minimum Gasteiger partial charge on any atom is -0.399 e. The number of benzene rings is 5. The van der Waals surface area contributed by atoms with E-state index >= 15 is 0 Å². The second kappa shape index (κ2) is 6.96. The fourth-order valence-corrected chi connectivity index (χ4v) is 6.25. The van der Waals surface area contributed by atoms with E-state index in [2.05, 4.69) is 108 Å². The van der Waals surface area contributed by atoms with Crippen LogP contribution in [0.3, 0.4) is 0 Å². The van der Waals surface area contributed by atoms with Gasteiger partial charge in [0.25, 0.3) is 0 Å². The first-order valence-electron chi connectivity index (χ1n) is 11.1. The zero-order chi connectivity index (χ0) is 21.9. The number of nitrogens with two attached hydrogens (primary N) is 1. The molecule has 5 aromatic carbocycles. The highest BCUT2D eigenvalue weighted by molar-refractivity contribution is 7.25. The van der Waals surface area contributed by atoms with Gasteiger partial charge in [-0.3, -0.25) is 0 Å². The molecule has 0 fully saturated rings. The third-order valence-corrected chi connectivity index (χ3v) is 7.65. The number of aromatic nitrogens is 1. The predicted octanol–water partition coefficient (Wildman–Crippen LogP) is 8.40. The Hall–Kier alpha value is -4.08. The Morgan fingerprint density at radius 2 is 1.15 bits per heavy atom. The van der Waals surface area contributed by atoms with Gasteiger partial charge < -0.3 is 10.3 Å². The number of para-hydroxylation sites is 3. The van der Waals surface area contributed by atoms with Gasteiger partial charge in [-0.1, -0.05) is 72.8 Å². The molecule has 0 aliphatic rings. The quantitative estimate of drug-likeness (QED) is 0.269. The first-order chi connectivity index (χ1) is 16.3. The molecule has 156 valence electrons. The zero-order valence-corrected chi connectivity index (χ0v) is 18.6. The number of thiophene rings is 1. The predicted molar refractivity (Wildman–Crippen MR) is 144 cm³/mol. The van der Waals surface area contributed by atoms with E-state index in [4.69, 9.17) is 5.73 Å². The van der Waals surface area contributed by atoms with Gasteiger partial charge in [0.05, 0.1) is 16.7 Å². The van der Waals surface area contributed by atoms with Crippen LogP contribution in [-0.2, 0) is 0 Å². The minimum atomic E-state index is 0.811. The van der Waals surface area contributed by atoms with Gasteiger partial charge in [0.2, 0.25) is 0 Å². The van der Waals surface area contributed by atoms with E-state index in [9.17, 15) is 0 Å². The Balaban J connectivity index is 1.51.